The zero-order chi connectivity index (χ0) is 19.3. The summed E-state index contributed by atoms with van der Waals surface area (Å²) in [6.45, 7) is 3.90. The summed E-state index contributed by atoms with van der Waals surface area (Å²) in [5.74, 6) is 0.500. The van der Waals surface area contributed by atoms with E-state index in [4.69, 9.17) is 14.6 Å². The zero-order valence-electron chi connectivity index (χ0n) is 16.6. The summed E-state index contributed by atoms with van der Waals surface area (Å²) in [7, 11) is 0. The van der Waals surface area contributed by atoms with Gasteiger partial charge in [0.2, 0.25) is 0 Å². The minimum atomic E-state index is -0.939. The van der Waals surface area contributed by atoms with Crippen LogP contribution < -0.4 is 4.74 Å². The van der Waals surface area contributed by atoms with Gasteiger partial charge >= 0.3 is 5.97 Å². The van der Waals surface area contributed by atoms with Crippen molar-refractivity contribution < 1.29 is 19.4 Å². The summed E-state index contributed by atoms with van der Waals surface area (Å²) in [5.41, 5.74) is 0.858. The zero-order valence-corrected chi connectivity index (χ0v) is 16.6. The Balaban J connectivity index is 1.58. The Morgan fingerprint density at radius 1 is 1.07 bits per heavy atom. The summed E-state index contributed by atoms with van der Waals surface area (Å²) >= 11 is 0. The van der Waals surface area contributed by atoms with E-state index in [1.807, 2.05) is 24.3 Å². The molecule has 0 radical (unpaired) electrons. The molecule has 4 heteroatoms. The van der Waals surface area contributed by atoms with E-state index >= 15 is 0 Å². The summed E-state index contributed by atoms with van der Waals surface area (Å²) in [6.07, 6.45) is 14.2. The summed E-state index contributed by atoms with van der Waals surface area (Å²) < 4.78 is 12.0. The van der Waals surface area contributed by atoms with Gasteiger partial charge in [-0.05, 0) is 61.8 Å². The molecule has 4 nitrogen and oxygen atoms in total. The van der Waals surface area contributed by atoms with Crippen molar-refractivity contribution in [1.82, 2.24) is 0 Å². The molecule has 1 fully saturated rings. The second kappa shape index (κ2) is 12.6. The molecule has 1 N–H and O–H groups in total. The molecule has 150 valence electrons. The number of hydrogen-bond acceptors (Lipinski definition) is 3. The lowest BCUT2D eigenvalue weighted by atomic mass is 9.88. The molecule has 2 rings (SSSR count). The molecule has 1 aliphatic rings. The Bertz CT molecular complexity index is 556. The molecule has 1 aromatic carbocycles. The average molecular weight is 375 g/mol. The maximum absolute atomic E-state index is 10.5. The molecule has 0 heterocycles. The minimum absolute atomic E-state index is 0.438. The van der Waals surface area contributed by atoms with Gasteiger partial charge in [0.25, 0.3) is 0 Å². The number of carbonyl (C=O) groups is 1. The van der Waals surface area contributed by atoms with Crippen LogP contribution in [0.3, 0.4) is 0 Å². The first-order chi connectivity index (χ1) is 13.2. The highest BCUT2D eigenvalue weighted by Gasteiger charge is 2.22. The predicted octanol–water partition coefficient (Wildman–Crippen LogP) is 5.71. The van der Waals surface area contributed by atoms with Crippen LogP contribution in [-0.4, -0.2) is 30.4 Å². The van der Waals surface area contributed by atoms with Crippen molar-refractivity contribution in [1.29, 1.82) is 0 Å². The van der Waals surface area contributed by atoms with Gasteiger partial charge in [0.05, 0.1) is 12.7 Å². The summed E-state index contributed by atoms with van der Waals surface area (Å²) in [4.78, 5) is 10.5. The minimum Gasteiger partial charge on any atom is -0.493 e. The number of aliphatic carboxylic acids is 1. The molecule has 0 unspecified atom stereocenters. The third kappa shape index (κ3) is 9.09. The van der Waals surface area contributed by atoms with Crippen molar-refractivity contribution >= 4 is 12.0 Å². The van der Waals surface area contributed by atoms with Gasteiger partial charge in [-0.25, -0.2) is 4.79 Å². The number of benzene rings is 1. The number of carboxylic acid groups (broad SMARTS) is 1. The standard InChI is InChI=1S/C23H34O4/c1-2-3-4-5-6-17-26-21-14-9-20(10-15-21)18-27-22-12-7-19(8-13-22)11-16-23(24)25/h7-8,11-13,16,20-21H,2-6,9-10,14-15,17-18H2,1H3,(H,24,25). The van der Waals surface area contributed by atoms with E-state index in [-0.39, 0.29) is 0 Å². The molecule has 0 saturated heterocycles. The van der Waals surface area contributed by atoms with Gasteiger partial charge < -0.3 is 14.6 Å². The highest BCUT2D eigenvalue weighted by molar-refractivity contribution is 5.85. The lowest BCUT2D eigenvalue weighted by Crippen LogP contribution is -2.25. The molecular formula is C23H34O4. The molecule has 0 aliphatic heterocycles. The normalized spacial score (nSPS) is 20.0. The van der Waals surface area contributed by atoms with Gasteiger partial charge in [-0.3, -0.25) is 0 Å². The van der Waals surface area contributed by atoms with E-state index in [1.54, 1.807) is 6.08 Å². The van der Waals surface area contributed by atoms with Crippen LogP contribution in [0.5, 0.6) is 5.75 Å². The van der Waals surface area contributed by atoms with E-state index in [0.29, 0.717) is 12.0 Å². The third-order valence-electron chi connectivity index (χ3n) is 5.18. The van der Waals surface area contributed by atoms with Gasteiger partial charge in [0, 0.05) is 12.7 Å². The van der Waals surface area contributed by atoms with Crippen molar-refractivity contribution in [3.8, 4) is 5.75 Å². The van der Waals surface area contributed by atoms with E-state index in [1.165, 1.54) is 44.9 Å². The highest BCUT2D eigenvalue weighted by atomic mass is 16.5. The number of carboxylic acids is 1. The quantitative estimate of drug-likeness (QED) is 0.376. The first kappa shape index (κ1) is 21.5. The van der Waals surface area contributed by atoms with Gasteiger partial charge in [0.15, 0.2) is 0 Å². The predicted molar refractivity (Wildman–Crippen MR) is 109 cm³/mol. The summed E-state index contributed by atoms with van der Waals surface area (Å²) in [5, 5.41) is 8.65. The van der Waals surface area contributed by atoms with Crippen molar-refractivity contribution in [3.63, 3.8) is 0 Å². The van der Waals surface area contributed by atoms with Crippen molar-refractivity contribution in [2.24, 2.45) is 5.92 Å². The lowest BCUT2D eigenvalue weighted by molar-refractivity contribution is -0.131. The van der Waals surface area contributed by atoms with Crippen LogP contribution in [-0.2, 0) is 9.53 Å². The molecule has 0 atom stereocenters. The summed E-state index contributed by atoms with van der Waals surface area (Å²) in [6, 6.07) is 7.55. The van der Waals surface area contributed by atoms with Crippen LogP contribution in [0.25, 0.3) is 6.08 Å². The number of unbranched alkanes of at least 4 members (excludes halogenated alkanes) is 4. The fourth-order valence-electron chi connectivity index (χ4n) is 3.48. The Labute approximate surface area is 163 Å². The van der Waals surface area contributed by atoms with Gasteiger partial charge in [0.1, 0.15) is 5.75 Å². The maximum Gasteiger partial charge on any atom is 0.328 e. The van der Waals surface area contributed by atoms with Crippen LogP contribution in [0.15, 0.2) is 30.3 Å². The third-order valence-corrected chi connectivity index (χ3v) is 5.18. The van der Waals surface area contributed by atoms with E-state index < -0.39 is 5.97 Å². The topological polar surface area (TPSA) is 55.8 Å². The van der Waals surface area contributed by atoms with Crippen LogP contribution in [0, 0.1) is 5.92 Å². The van der Waals surface area contributed by atoms with Gasteiger partial charge in [-0.1, -0.05) is 44.7 Å². The van der Waals surface area contributed by atoms with E-state index in [2.05, 4.69) is 6.92 Å². The first-order valence-electron chi connectivity index (χ1n) is 10.4. The Hall–Kier alpha value is -1.81. The van der Waals surface area contributed by atoms with E-state index in [9.17, 15) is 4.79 Å². The Morgan fingerprint density at radius 3 is 2.44 bits per heavy atom. The van der Waals surface area contributed by atoms with Crippen molar-refractivity contribution in [2.45, 2.75) is 70.8 Å². The molecule has 1 aliphatic carbocycles. The monoisotopic (exact) mass is 374 g/mol. The molecule has 0 bridgehead atoms. The molecule has 1 aromatic rings. The SMILES string of the molecule is CCCCCCCOC1CCC(COc2ccc(C=CC(=O)O)cc2)CC1. The second-order valence-electron chi connectivity index (χ2n) is 7.48. The molecular weight excluding hydrogens is 340 g/mol. The Morgan fingerprint density at radius 2 is 1.78 bits per heavy atom. The lowest BCUT2D eigenvalue weighted by Gasteiger charge is -2.28. The van der Waals surface area contributed by atoms with Crippen LogP contribution in [0.2, 0.25) is 0 Å². The molecule has 0 amide bonds. The smallest absolute Gasteiger partial charge is 0.328 e. The van der Waals surface area contributed by atoms with Crippen LogP contribution >= 0.6 is 0 Å². The van der Waals surface area contributed by atoms with Crippen molar-refractivity contribution in [3.05, 3.63) is 35.9 Å². The van der Waals surface area contributed by atoms with Crippen LogP contribution in [0.1, 0.15) is 70.3 Å². The largest absolute Gasteiger partial charge is 0.493 e. The average Bonchev–Trinajstić information content (AvgIpc) is 2.69. The first-order valence-corrected chi connectivity index (χ1v) is 10.4. The number of ether oxygens (including phenoxy) is 2. The molecule has 0 aromatic heterocycles. The number of hydrogen-bond donors (Lipinski definition) is 1. The molecule has 1 saturated carbocycles. The fourth-order valence-corrected chi connectivity index (χ4v) is 3.48. The molecule has 27 heavy (non-hydrogen) atoms. The van der Waals surface area contributed by atoms with Gasteiger partial charge in [-0.15, -0.1) is 0 Å². The van der Waals surface area contributed by atoms with Crippen molar-refractivity contribution in [2.75, 3.05) is 13.2 Å². The number of rotatable bonds is 12. The fraction of sp³-hybridized carbons (Fsp3) is 0.609. The van der Waals surface area contributed by atoms with E-state index in [0.717, 1.165) is 43.4 Å². The second-order valence-corrected chi connectivity index (χ2v) is 7.48. The maximum atomic E-state index is 10.5. The highest BCUT2D eigenvalue weighted by Crippen LogP contribution is 2.27. The van der Waals surface area contributed by atoms with Crippen LogP contribution in [0.4, 0.5) is 0 Å². The Kier molecular flexibility index (Phi) is 9.99. The molecule has 0 spiro atoms. The van der Waals surface area contributed by atoms with Gasteiger partial charge in [-0.2, -0.15) is 0 Å².